The summed E-state index contributed by atoms with van der Waals surface area (Å²) in [6, 6.07) is 0.199. The van der Waals surface area contributed by atoms with E-state index in [1.54, 1.807) is 6.20 Å². The molecule has 0 radical (unpaired) electrons. The smallest absolute Gasteiger partial charge is 0.410 e. The molecule has 1 saturated heterocycles. The van der Waals surface area contributed by atoms with E-state index < -0.39 is 5.60 Å². The minimum absolute atomic E-state index is 0.199. The Morgan fingerprint density at radius 1 is 1.41 bits per heavy atom. The van der Waals surface area contributed by atoms with Crippen LogP contribution in [0.3, 0.4) is 0 Å². The van der Waals surface area contributed by atoms with Crippen LogP contribution in [0.5, 0.6) is 0 Å². The Hall–Kier alpha value is -1.36. The number of halogens is 1. The molecule has 1 aliphatic rings. The molecule has 2 rings (SSSR count). The molecule has 1 amide bonds. The summed E-state index contributed by atoms with van der Waals surface area (Å²) < 4.78 is 5.52. The number of piperidine rings is 1. The van der Waals surface area contributed by atoms with Crippen molar-refractivity contribution < 1.29 is 9.53 Å². The minimum atomic E-state index is -0.461. The molecule has 1 aromatic heterocycles. The molecule has 0 saturated carbocycles. The molecule has 0 unspecified atom stereocenters. The first-order valence-electron chi connectivity index (χ1n) is 7.81. The fraction of sp³-hybridized carbons (Fsp3) is 0.688. The van der Waals surface area contributed by atoms with Crippen LogP contribution in [0.2, 0.25) is 5.15 Å². The summed E-state index contributed by atoms with van der Waals surface area (Å²) in [5, 5.41) is 0.408. The van der Waals surface area contributed by atoms with Crippen molar-refractivity contribution in [1.29, 1.82) is 0 Å². The van der Waals surface area contributed by atoms with Gasteiger partial charge in [0, 0.05) is 18.8 Å². The second kappa shape index (κ2) is 7.27. The van der Waals surface area contributed by atoms with Gasteiger partial charge in [-0.05, 0) is 52.9 Å². The average Bonchev–Trinajstić information content (AvgIpc) is 2.44. The third-order valence-corrected chi connectivity index (χ3v) is 3.83. The Morgan fingerprint density at radius 2 is 2.18 bits per heavy atom. The van der Waals surface area contributed by atoms with Gasteiger partial charge in [0.2, 0.25) is 0 Å². The van der Waals surface area contributed by atoms with E-state index in [-0.39, 0.29) is 12.1 Å². The highest BCUT2D eigenvalue weighted by Crippen LogP contribution is 2.23. The highest BCUT2D eigenvalue weighted by Gasteiger charge is 2.30. The number of likely N-dealkylation sites (tertiary alicyclic amines) is 1. The van der Waals surface area contributed by atoms with Gasteiger partial charge < -0.3 is 9.64 Å². The van der Waals surface area contributed by atoms with Gasteiger partial charge in [-0.25, -0.2) is 9.78 Å². The molecular weight excluding hydrogens is 302 g/mol. The molecule has 1 atom stereocenters. The number of aryl methyl sites for hydroxylation is 1. The van der Waals surface area contributed by atoms with Crippen LogP contribution >= 0.6 is 11.6 Å². The molecule has 0 N–H and O–H groups in total. The van der Waals surface area contributed by atoms with E-state index >= 15 is 0 Å². The van der Waals surface area contributed by atoms with Crippen molar-refractivity contribution in [2.75, 3.05) is 6.54 Å². The van der Waals surface area contributed by atoms with Crippen LogP contribution in [0.25, 0.3) is 0 Å². The van der Waals surface area contributed by atoms with Gasteiger partial charge in [-0.15, -0.1) is 0 Å². The van der Waals surface area contributed by atoms with Crippen LogP contribution in [-0.2, 0) is 11.2 Å². The predicted molar refractivity (Wildman–Crippen MR) is 85.9 cm³/mol. The average molecular weight is 326 g/mol. The molecule has 0 spiro atoms. The van der Waals surface area contributed by atoms with Crippen molar-refractivity contribution in [3.05, 3.63) is 23.2 Å². The zero-order chi connectivity index (χ0) is 16.2. The Bertz CT molecular complexity index is 516. The summed E-state index contributed by atoms with van der Waals surface area (Å²) in [4.78, 5) is 22.5. The lowest BCUT2D eigenvalue weighted by Crippen LogP contribution is -2.46. The summed E-state index contributed by atoms with van der Waals surface area (Å²) in [5.41, 5.74) is 0.402. The first kappa shape index (κ1) is 17.0. The molecule has 2 heterocycles. The Balaban J connectivity index is 1.96. The summed E-state index contributed by atoms with van der Waals surface area (Å²) in [5.74, 6) is 0. The number of rotatable bonds is 3. The lowest BCUT2D eigenvalue weighted by molar-refractivity contribution is 0.00888. The second-order valence-electron chi connectivity index (χ2n) is 6.70. The van der Waals surface area contributed by atoms with Gasteiger partial charge in [0.15, 0.2) is 0 Å². The summed E-state index contributed by atoms with van der Waals surface area (Å²) in [6.07, 6.45) is 7.84. The van der Waals surface area contributed by atoms with Gasteiger partial charge in [-0.1, -0.05) is 11.6 Å². The molecule has 0 aliphatic carbocycles. The summed E-state index contributed by atoms with van der Waals surface area (Å²) in [7, 11) is 0. The first-order valence-corrected chi connectivity index (χ1v) is 8.19. The van der Waals surface area contributed by atoms with Gasteiger partial charge in [0.05, 0.1) is 11.9 Å². The summed E-state index contributed by atoms with van der Waals surface area (Å²) in [6.45, 7) is 6.45. The van der Waals surface area contributed by atoms with Crippen molar-refractivity contribution in [3.8, 4) is 0 Å². The first-order chi connectivity index (χ1) is 10.3. The third-order valence-electron chi connectivity index (χ3n) is 3.64. The highest BCUT2D eigenvalue weighted by atomic mass is 35.5. The molecule has 122 valence electrons. The van der Waals surface area contributed by atoms with E-state index in [1.807, 2.05) is 25.7 Å². The maximum atomic E-state index is 12.3. The van der Waals surface area contributed by atoms with Crippen molar-refractivity contribution >= 4 is 17.7 Å². The van der Waals surface area contributed by atoms with Gasteiger partial charge in [0.25, 0.3) is 0 Å². The van der Waals surface area contributed by atoms with Gasteiger partial charge in [-0.2, -0.15) is 0 Å². The highest BCUT2D eigenvalue weighted by molar-refractivity contribution is 6.29. The van der Waals surface area contributed by atoms with Crippen molar-refractivity contribution in [3.63, 3.8) is 0 Å². The predicted octanol–water partition coefficient (Wildman–Crippen LogP) is 3.85. The van der Waals surface area contributed by atoms with Crippen LogP contribution in [0.1, 0.15) is 52.1 Å². The Labute approximate surface area is 137 Å². The number of amides is 1. The molecule has 22 heavy (non-hydrogen) atoms. The molecular formula is C16H24ClN3O2. The normalized spacial score (nSPS) is 19.1. The van der Waals surface area contributed by atoms with Crippen LogP contribution < -0.4 is 0 Å². The number of ether oxygens (including phenoxy) is 1. The monoisotopic (exact) mass is 325 g/mol. The number of carbonyl (C=O) groups excluding carboxylic acids is 1. The van der Waals surface area contributed by atoms with Crippen molar-refractivity contribution in [2.45, 2.75) is 64.5 Å². The van der Waals surface area contributed by atoms with Gasteiger partial charge in [-0.3, -0.25) is 4.98 Å². The van der Waals surface area contributed by atoms with Crippen LogP contribution in [-0.4, -0.2) is 39.1 Å². The topological polar surface area (TPSA) is 55.3 Å². The van der Waals surface area contributed by atoms with E-state index in [1.165, 1.54) is 6.20 Å². The van der Waals surface area contributed by atoms with E-state index in [0.717, 1.165) is 44.3 Å². The second-order valence-corrected chi connectivity index (χ2v) is 7.08. The minimum Gasteiger partial charge on any atom is -0.444 e. The SMILES string of the molecule is CC(C)(C)OC(=O)N1CCCC[C@@H]1CCc1cncc(Cl)n1. The molecule has 6 heteroatoms. The molecule has 5 nitrogen and oxygen atoms in total. The van der Waals surface area contributed by atoms with Crippen molar-refractivity contribution in [2.24, 2.45) is 0 Å². The number of carbonyl (C=O) groups is 1. The number of nitrogens with zero attached hydrogens (tertiary/aromatic N) is 3. The van der Waals surface area contributed by atoms with Crippen LogP contribution in [0.4, 0.5) is 4.79 Å². The fourth-order valence-electron chi connectivity index (χ4n) is 2.68. The molecule has 0 bridgehead atoms. The largest absolute Gasteiger partial charge is 0.444 e. The standard InChI is InChI=1S/C16H24ClN3O2/c1-16(2,3)22-15(21)20-9-5-4-6-13(20)8-7-12-10-18-11-14(17)19-12/h10-11,13H,4-9H2,1-3H3/t13-/m1/s1. The van der Waals surface area contributed by atoms with Crippen LogP contribution in [0.15, 0.2) is 12.4 Å². The number of hydrogen-bond donors (Lipinski definition) is 0. The van der Waals surface area contributed by atoms with Gasteiger partial charge in [0.1, 0.15) is 10.8 Å². The van der Waals surface area contributed by atoms with E-state index in [0.29, 0.717) is 5.15 Å². The zero-order valence-corrected chi connectivity index (χ0v) is 14.3. The quantitative estimate of drug-likeness (QED) is 0.847. The lowest BCUT2D eigenvalue weighted by atomic mass is 9.98. The molecule has 1 aliphatic heterocycles. The van der Waals surface area contributed by atoms with Crippen LogP contribution in [0, 0.1) is 0 Å². The fourth-order valence-corrected chi connectivity index (χ4v) is 2.84. The maximum Gasteiger partial charge on any atom is 0.410 e. The Kier molecular flexibility index (Phi) is 5.62. The van der Waals surface area contributed by atoms with Crippen molar-refractivity contribution in [1.82, 2.24) is 14.9 Å². The molecule has 0 aromatic carbocycles. The molecule has 1 fully saturated rings. The molecule has 1 aromatic rings. The Morgan fingerprint density at radius 3 is 2.86 bits per heavy atom. The zero-order valence-electron chi connectivity index (χ0n) is 13.5. The number of aromatic nitrogens is 2. The van der Waals surface area contributed by atoms with E-state index in [4.69, 9.17) is 16.3 Å². The maximum absolute atomic E-state index is 12.3. The third kappa shape index (κ3) is 5.13. The van der Waals surface area contributed by atoms with E-state index in [9.17, 15) is 4.79 Å². The summed E-state index contributed by atoms with van der Waals surface area (Å²) >= 11 is 5.86. The van der Waals surface area contributed by atoms with Gasteiger partial charge >= 0.3 is 6.09 Å². The lowest BCUT2D eigenvalue weighted by Gasteiger charge is -2.36. The number of hydrogen-bond acceptors (Lipinski definition) is 4. The van der Waals surface area contributed by atoms with E-state index in [2.05, 4.69) is 9.97 Å².